The molecule has 2 atom stereocenters. The third-order valence-electron chi connectivity index (χ3n) is 10.2. The summed E-state index contributed by atoms with van der Waals surface area (Å²) in [6, 6.07) is -0.549. The van der Waals surface area contributed by atoms with Gasteiger partial charge in [0.25, 0.3) is 0 Å². The smallest absolute Gasteiger partial charge is 0.220 e. The highest BCUT2D eigenvalue weighted by Gasteiger charge is 2.20. The van der Waals surface area contributed by atoms with Gasteiger partial charge in [-0.05, 0) is 64.2 Å². The van der Waals surface area contributed by atoms with Crippen molar-refractivity contribution in [3.63, 3.8) is 0 Å². The molecule has 0 aromatic heterocycles. The van der Waals surface area contributed by atoms with Crippen LogP contribution in [0.3, 0.4) is 0 Å². The number of amides is 1. The van der Waals surface area contributed by atoms with Crippen molar-refractivity contribution in [1.82, 2.24) is 5.32 Å². The maximum atomic E-state index is 12.4. The quantitative estimate of drug-likeness (QED) is 0.0430. The van der Waals surface area contributed by atoms with Gasteiger partial charge in [0.2, 0.25) is 5.91 Å². The zero-order valence-electron chi connectivity index (χ0n) is 35.7. The number of carbonyl (C=O) groups excluding carboxylic acids is 1. The topological polar surface area (TPSA) is 69.6 Å². The zero-order chi connectivity index (χ0) is 39.3. The Hall–Kier alpha value is -2.17. The summed E-state index contributed by atoms with van der Waals surface area (Å²) in [4.78, 5) is 12.4. The van der Waals surface area contributed by atoms with Crippen molar-refractivity contribution in [2.24, 2.45) is 0 Å². The maximum absolute atomic E-state index is 12.4. The van der Waals surface area contributed by atoms with Gasteiger partial charge in [0, 0.05) is 6.42 Å². The van der Waals surface area contributed by atoms with Crippen molar-refractivity contribution in [2.45, 2.75) is 231 Å². The van der Waals surface area contributed by atoms with Crippen LogP contribution in [-0.4, -0.2) is 34.9 Å². The second kappa shape index (κ2) is 45.2. The molecule has 0 rings (SSSR count). The Kier molecular flexibility index (Phi) is 43.4. The van der Waals surface area contributed by atoms with Gasteiger partial charge in [-0.2, -0.15) is 0 Å². The van der Waals surface area contributed by atoms with Crippen LogP contribution in [0.5, 0.6) is 0 Å². The van der Waals surface area contributed by atoms with Crippen molar-refractivity contribution in [3.8, 4) is 0 Å². The van der Waals surface area contributed by atoms with Crippen LogP contribution in [0.2, 0.25) is 0 Å². The molecule has 0 aromatic rings. The van der Waals surface area contributed by atoms with Crippen molar-refractivity contribution < 1.29 is 15.0 Å². The van der Waals surface area contributed by atoms with Gasteiger partial charge in [-0.1, -0.05) is 222 Å². The van der Waals surface area contributed by atoms with Crippen LogP contribution in [0, 0.1) is 0 Å². The zero-order valence-corrected chi connectivity index (χ0v) is 35.7. The summed E-state index contributed by atoms with van der Waals surface area (Å²) in [6.07, 6.45) is 64.1. The molecule has 3 N–H and O–H groups in total. The first-order valence-electron chi connectivity index (χ1n) is 23.1. The average molecular weight is 752 g/mol. The fourth-order valence-electron chi connectivity index (χ4n) is 6.72. The van der Waals surface area contributed by atoms with E-state index < -0.39 is 12.1 Å². The Morgan fingerprint density at radius 2 is 0.815 bits per heavy atom. The minimum atomic E-state index is -0.670. The number of aliphatic hydroxyl groups excluding tert-OH is 2. The van der Waals surface area contributed by atoms with E-state index in [1.165, 1.54) is 116 Å². The molecule has 0 fully saturated rings. The maximum Gasteiger partial charge on any atom is 0.220 e. The molecular weight excluding hydrogens is 663 g/mol. The number of hydrogen-bond acceptors (Lipinski definition) is 3. The van der Waals surface area contributed by atoms with E-state index in [4.69, 9.17) is 0 Å². The lowest BCUT2D eigenvalue weighted by Crippen LogP contribution is -2.45. The molecule has 0 saturated heterocycles. The van der Waals surface area contributed by atoms with E-state index >= 15 is 0 Å². The molecular formula is C50H89NO3. The standard InChI is InChI=1S/C50H89NO3/c1-3-5-7-9-11-13-15-17-19-21-22-23-24-25-26-27-28-30-32-34-36-38-40-42-44-46-50(54)51-48(47-52)49(53)45-43-41-39-37-35-33-31-29-20-18-16-14-12-10-8-6-4-2/h5,7,11,13,17,19,22-23,25-26,28,30,48-49,52-53H,3-4,6,8-10,12,14-16,18,20-21,24,27,29,31-47H2,1-2H3,(H,51,54)/b7-5-,13-11-,19-17-,23-22-,26-25-,30-28-. The van der Waals surface area contributed by atoms with E-state index in [0.29, 0.717) is 12.8 Å². The highest BCUT2D eigenvalue weighted by Crippen LogP contribution is 2.16. The van der Waals surface area contributed by atoms with Gasteiger partial charge >= 0.3 is 0 Å². The summed E-state index contributed by atoms with van der Waals surface area (Å²) in [5, 5.41) is 23.2. The molecule has 1 amide bonds. The molecule has 0 bridgehead atoms. The second-order valence-electron chi connectivity index (χ2n) is 15.4. The lowest BCUT2D eigenvalue weighted by molar-refractivity contribution is -0.123. The van der Waals surface area contributed by atoms with Gasteiger partial charge in [0.15, 0.2) is 0 Å². The average Bonchev–Trinajstić information content (AvgIpc) is 3.18. The minimum absolute atomic E-state index is 0.0480. The van der Waals surface area contributed by atoms with Crippen LogP contribution in [0.1, 0.15) is 219 Å². The van der Waals surface area contributed by atoms with Crippen LogP contribution in [-0.2, 0) is 4.79 Å². The molecule has 0 aromatic carbocycles. The normalized spacial score (nSPS) is 13.6. The van der Waals surface area contributed by atoms with Crippen LogP contribution in [0.15, 0.2) is 72.9 Å². The number of nitrogens with one attached hydrogen (secondary N) is 1. The first kappa shape index (κ1) is 51.8. The molecule has 0 aliphatic carbocycles. The predicted octanol–water partition coefficient (Wildman–Crippen LogP) is 14.7. The Balaban J connectivity index is 3.60. The van der Waals surface area contributed by atoms with Gasteiger partial charge in [-0.25, -0.2) is 0 Å². The van der Waals surface area contributed by atoms with Crippen LogP contribution >= 0.6 is 0 Å². The molecule has 2 unspecified atom stereocenters. The molecule has 0 heterocycles. The Morgan fingerprint density at radius 1 is 0.463 bits per heavy atom. The Morgan fingerprint density at radius 3 is 1.22 bits per heavy atom. The van der Waals surface area contributed by atoms with Crippen molar-refractivity contribution in [1.29, 1.82) is 0 Å². The number of rotatable bonds is 41. The first-order chi connectivity index (χ1) is 26.7. The van der Waals surface area contributed by atoms with Gasteiger partial charge < -0.3 is 15.5 Å². The van der Waals surface area contributed by atoms with Crippen LogP contribution < -0.4 is 5.32 Å². The van der Waals surface area contributed by atoms with E-state index in [1.54, 1.807) is 0 Å². The Bertz CT molecular complexity index is 946. The van der Waals surface area contributed by atoms with E-state index in [0.717, 1.165) is 77.0 Å². The van der Waals surface area contributed by atoms with Crippen LogP contribution in [0.25, 0.3) is 0 Å². The molecule has 312 valence electrons. The SMILES string of the molecule is CC/C=C\C/C=C\C/C=C\C/C=C\C/C=C\C/C=C\CCCCCCCCC(=O)NC(CO)C(O)CCCCCCCCCCCCCCCCCCC. The fourth-order valence-corrected chi connectivity index (χ4v) is 6.72. The molecule has 0 aliphatic heterocycles. The minimum Gasteiger partial charge on any atom is -0.394 e. The van der Waals surface area contributed by atoms with Crippen molar-refractivity contribution in [2.75, 3.05) is 6.61 Å². The lowest BCUT2D eigenvalue weighted by atomic mass is 10.0. The highest BCUT2D eigenvalue weighted by atomic mass is 16.3. The second-order valence-corrected chi connectivity index (χ2v) is 15.4. The number of unbranched alkanes of at least 4 members (excludes halogenated alkanes) is 22. The van der Waals surface area contributed by atoms with Crippen molar-refractivity contribution in [3.05, 3.63) is 72.9 Å². The molecule has 0 spiro atoms. The number of allylic oxidation sites excluding steroid dienone is 12. The summed E-state index contributed by atoms with van der Waals surface area (Å²) >= 11 is 0. The summed E-state index contributed by atoms with van der Waals surface area (Å²) in [5.41, 5.74) is 0. The van der Waals surface area contributed by atoms with E-state index in [2.05, 4.69) is 92.1 Å². The molecule has 4 nitrogen and oxygen atoms in total. The fraction of sp³-hybridized carbons (Fsp3) is 0.740. The summed E-state index contributed by atoms with van der Waals surface area (Å²) in [5.74, 6) is -0.0480. The predicted molar refractivity (Wildman–Crippen MR) is 239 cm³/mol. The lowest BCUT2D eigenvalue weighted by Gasteiger charge is -2.22. The van der Waals surface area contributed by atoms with Gasteiger partial charge in [0.1, 0.15) is 0 Å². The van der Waals surface area contributed by atoms with Gasteiger partial charge in [-0.3, -0.25) is 4.79 Å². The van der Waals surface area contributed by atoms with E-state index in [1.807, 2.05) is 0 Å². The molecule has 0 saturated carbocycles. The monoisotopic (exact) mass is 752 g/mol. The third kappa shape index (κ3) is 41.0. The molecule has 0 radical (unpaired) electrons. The van der Waals surface area contributed by atoms with Gasteiger partial charge in [0.05, 0.1) is 18.8 Å². The highest BCUT2D eigenvalue weighted by molar-refractivity contribution is 5.76. The van der Waals surface area contributed by atoms with E-state index in [-0.39, 0.29) is 12.5 Å². The molecule has 4 heteroatoms. The summed E-state index contributed by atoms with van der Waals surface area (Å²) < 4.78 is 0. The van der Waals surface area contributed by atoms with Gasteiger partial charge in [-0.15, -0.1) is 0 Å². The number of aliphatic hydroxyl groups is 2. The summed E-state index contributed by atoms with van der Waals surface area (Å²) in [7, 11) is 0. The largest absolute Gasteiger partial charge is 0.394 e. The van der Waals surface area contributed by atoms with Crippen molar-refractivity contribution >= 4 is 5.91 Å². The Labute approximate surface area is 336 Å². The van der Waals surface area contributed by atoms with Crippen LogP contribution in [0.4, 0.5) is 0 Å². The number of hydrogen-bond donors (Lipinski definition) is 3. The molecule has 54 heavy (non-hydrogen) atoms. The molecule has 0 aliphatic rings. The third-order valence-corrected chi connectivity index (χ3v) is 10.2. The number of carbonyl (C=O) groups is 1. The first-order valence-corrected chi connectivity index (χ1v) is 23.1. The summed E-state index contributed by atoms with van der Waals surface area (Å²) in [6.45, 7) is 4.24. The van der Waals surface area contributed by atoms with E-state index in [9.17, 15) is 15.0 Å².